The van der Waals surface area contributed by atoms with Crippen LogP contribution in [-0.4, -0.2) is 23.2 Å². The molecule has 0 aliphatic carbocycles. The number of hydrogen-bond donors (Lipinski definition) is 1. The summed E-state index contributed by atoms with van der Waals surface area (Å²) in [6, 6.07) is 6.49. The van der Waals surface area contributed by atoms with Crippen LogP contribution in [0, 0.1) is 5.41 Å². The van der Waals surface area contributed by atoms with E-state index in [1.807, 2.05) is 32.9 Å². The molecular formula is C14H16N2O3. The van der Waals surface area contributed by atoms with Gasteiger partial charge in [0.15, 0.2) is 5.58 Å². The fraction of sp³-hybridized carbons (Fsp3) is 0.357. The summed E-state index contributed by atoms with van der Waals surface area (Å²) in [5, 5.41) is 2.54. The highest BCUT2D eigenvalue weighted by molar-refractivity contribution is 5.99. The highest BCUT2D eigenvalue weighted by Crippen LogP contribution is 2.24. The lowest BCUT2D eigenvalue weighted by Gasteiger charge is -2.27. The van der Waals surface area contributed by atoms with Crippen LogP contribution in [-0.2, 0) is 4.79 Å². The number of nitrogens with zero attached hydrogens (tertiary/aromatic N) is 1. The van der Waals surface area contributed by atoms with Gasteiger partial charge in [-0.2, -0.15) is 0 Å². The molecule has 19 heavy (non-hydrogen) atoms. The van der Waals surface area contributed by atoms with Crippen molar-refractivity contribution < 1.29 is 14.0 Å². The maximum atomic E-state index is 12.4. The summed E-state index contributed by atoms with van der Waals surface area (Å²) in [6.45, 7) is 5.61. The molecule has 5 heteroatoms. The topological polar surface area (TPSA) is 72.2 Å². The van der Waals surface area contributed by atoms with E-state index in [1.165, 1.54) is 0 Å². The van der Waals surface area contributed by atoms with Gasteiger partial charge in [-0.25, -0.2) is 4.98 Å². The quantitative estimate of drug-likeness (QED) is 0.675. The van der Waals surface area contributed by atoms with Gasteiger partial charge < -0.3 is 9.73 Å². The van der Waals surface area contributed by atoms with Crippen LogP contribution in [0.3, 0.4) is 0 Å². The van der Waals surface area contributed by atoms with Crippen molar-refractivity contribution in [1.29, 1.82) is 0 Å². The lowest BCUT2D eigenvalue weighted by molar-refractivity contribution is -0.110. The Hall–Kier alpha value is -2.17. The number of rotatable bonds is 4. The minimum absolute atomic E-state index is 0.0236. The van der Waals surface area contributed by atoms with E-state index in [0.717, 1.165) is 0 Å². The Morgan fingerprint density at radius 3 is 2.63 bits per heavy atom. The Morgan fingerprint density at radius 1 is 1.37 bits per heavy atom. The zero-order valence-corrected chi connectivity index (χ0v) is 11.1. The van der Waals surface area contributed by atoms with Gasteiger partial charge in [0.05, 0.1) is 0 Å². The van der Waals surface area contributed by atoms with E-state index in [4.69, 9.17) is 4.42 Å². The molecule has 1 aromatic carbocycles. The van der Waals surface area contributed by atoms with Crippen molar-refractivity contribution in [3.8, 4) is 0 Å². The highest BCUT2D eigenvalue weighted by Gasteiger charge is 2.34. The Balaban J connectivity index is 2.38. The average molecular weight is 260 g/mol. The normalized spacial score (nSPS) is 13.2. The Morgan fingerprint density at radius 2 is 2.05 bits per heavy atom. The monoisotopic (exact) mass is 260 g/mol. The zero-order chi connectivity index (χ0) is 14.0. The number of benzene rings is 1. The molecule has 1 N–H and O–H groups in total. The first kappa shape index (κ1) is 13.3. The van der Waals surface area contributed by atoms with Crippen molar-refractivity contribution in [2.24, 2.45) is 5.41 Å². The molecule has 1 amide bonds. The number of fused-ring (bicyclic) bond motifs is 1. The second-order valence-corrected chi connectivity index (χ2v) is 5.43. The van der Waals surface area contributed by atoms with Crippen LogP contribution in [0.4, 0.5) is 0 Å². The van der Waals surface area contributed by atoms with Gasteiger partial charge in [-0.05, 0) is 17.5 Å². The predicted molar refractivity (Wildman–Crippen MR) is 70.8 cm³/mol. The number of para-hydroxylation sites is 2. The van der Waals surface area contributed by atoms with Crippen LogP contribution in [0.25, 0.3) is 11.1 Å². The van der Waals surface area contributed by atoms with E-state index in [0.29, 0.717) is 17.5 Å². The number of oxazole rings is 1. The molecule has 0 aliphatic heterocycles. The van der Waals surface area contributed by atoms with Gasteiger partial charge in [0.2, 0.25) is 12.2 Å². The fourth-order valence-electron chi connectivity index (χ4n) is 1.89. The molecule has 1 aromatic heterocycles. The van der Waals surface area contributed by atoms with E-state index in [1.54, 1.807) is 12.1 Å². The molecule has 0 saturated heterocycles. The summed E-state index contributed by atoms with van der Waals surface area (Å²) >= 11 is 0. The number of Topliss-reactive ketones (excluding diaryl/α,β-unsaturated/α-hetero) is 1. The van der Waals surface area contributed by atoms with Gasteiger partial charge >= 0.3 is 0 Å². The lowest BCUT2D eigenvalue weighted by atomic mass is 9.84. The Kier molecular flexibility index (Phi) is 3.38. The highest BCUT2D eigenvalue weighted by atomic mass is 16.4. The minimum atomic E-state index is -0.668. The molecule has 1 atom stereocenters. The smallest absolute Gasteiger partial charge is 0.266 e. The number of carbonyl (C=O) groups is 2. The van der Waals surface area contributed by atoms with Gasteiger partial charge in [0.25, 0.3) is 5.89 Å². The number of nitrogens with one attached hydrogen (secondary N) is 1. The molecule has 0 fully saturated rings. The van der Waals surface area contributed by atoms with Crippen LogP contribution in [0.5, 0.6) is 0 Å². The average Bonchev–Trinajstić information content (AvgIpc) is 2.77. The van der Waals surface area contributed by atoms with Crippen LogP contribution >= 0.6 is 0 Å². The maximum absolute atomic E-state index is 12.4. The predicted octanol–water partition coefficient (Wildman–Crippen LogP) is 2.17. The Bertz CT molecular complexity index is 577. The van der Waals surface area contributed by atoms with E-state index < -0.39 is 11.5 Å². The number of carbonyl (C=O) groups excluding carboxylic acids is 2. The summed E-state index contributed by atoms with van der Waals surface area (Å²) in [4.78, 5) is 27.2. The van der Waals surface area contributed by atoms with E-state index >= 15 is 0 Å². The van der Waals surface area contributed by atoms with Gasteiger partial charge in [0, 0.05) is 0 Å². The molecule has 0 bridgehead atoms. The summed E-state index contributed by atoms with van der Waals surface area (Å²) < 4.78 is 5.44. The minimum Gasteiger partial charge on any atom is -0.434 e. The van der Waals surface area contributed by atoms with Crippen molar-refractivity contribution >= 4 is 23.3 Å². The summed E-state index contributed by atoms with van der Waals surface area (Å²) in [5.74, 6) is -0.300. The van der Waals surface area contributed by atoms with Crippen LogP contribution in [0.15, 0.2) is 28.7 Å². The molecule has 0 radical (unpaired) electrons. The van der Waals surface area contributed by atoms with E-state index in [2.05, 4.69) is 10.3 Å². The number of hydrogen-bond acceptors (Lipinski definition) is 4. The first-order valence-corrected chi connectivity index (χ1v) is 6.03. The fourth-order valence-corrected chi connectivity index (χ4v) is 1.89. The van der Waals surface area contributed by atoms with Crippen molar-refractivity contribution in [2.45, 2.75) is 26.8 Å². The van der Waals surface area contributed by atoms with Crippen molar-refractivity contribution in [3.05, 3.63) is 30.2 Å². The summed E-state index contributed by atoms with van der Waals surface area (Å²) in [7, 11) is 0. The zero-order valence-electron chi connectivity index (χ0n) is 11.1. The molecule has 0 spiro atoms. The molecule has 1 heterocycles. The molecule has 2 aromatic rings. The van der Waals surface area contributed by atoms with Crippen molar-refractivity contribution in [1.82, 2.24) is 10.3 Å². The first-order valence-electron chi connectivity index (χ1n) is 6.03. The van der Waals surface area contributed by atoms with Crippen LogP contribution in [0.2, 0.25) is 0 Å². The van der Waals surface area contributed by atoms with Crippen molar-refractivity contribution in [3.63, 3.8) is 0 Å². The van der Waals surface area contributed by atoms with Crippen molar-refractivity contribution in [2.75, 3.05) is 0 Å². The molecule has 1 unspecified atom stereocenters. The third-order valence-electron chi connectivity index (χ3n) is 2.87. The van der Waals surface area contributed by atoms with Crippen LogP contribution in [0.1, 0.15) is 31.5 Å². The number of amides is 1. The third-order valence-corrected chi connectivity index (χ3v) is 2.87. The first-order chi connectivity index (χ1) is 8.93. The molecule has 100 valence electrons. The standard InChI is InChI=1S/C14H16N2O3/c1-14(2,3)12(15-8-17)11(18)13-16-9-6-4-5-7-10(9)19-13/h4-8,12H,1-3H3,(H,15,17). The Labute approximate surface area is 111 Å². The molecule has 5 nitrogen and oxygen atoms in total. The molecule has 0 saturated carbocycles. The maximum Gasteiger partial charge on any atom is 0.266 e. The molecular weight excluding hydrogens is 244 g/mol. The largest absolute Gasteiger partial charge is 0.434 e. The van der Waals surface area contributed by atoms with Gasteiger partial charge in [-0.3, -0.25) is 9.59 Å². The second kappa shape index (κ2) is 4.84. The summed E-state index contributed by atoms with van der Waals surface area (Å²) in [5.41, 5.74) is 0.771. The second-order valence-electron chi connectivity index (χ2n) is 5.43. The number of ketones is 1. The van der Waals surface area contributed by atoms with Gasteiger partial charge in [-0.1, -0.05) is 32.9 Å². The SMILES string of the molecule is CC(C)(C)C(NC=O)C(=O)c1nc2ccccc2o1. The number of aromatic nitrogens is 1. The van der Waals surface area contributed by atoms with Gasteiger partial charge in [-0.15, -0.1) is 0 Å². The van der Waals surface area contributed by atoms with E-state index in [-0.39, 0.29) is 11.7 Å². The lowest BCUT2D eigenvalue weighted by Crippen LogP contribution is -2.46. The molecule has 0 aliphatic rings. The van der Waals surface area contributed by atoms with Crippen LogP contribution < -0.4 is 5.32 Å². The van der Waals surface area contributed by atoms with E-state index in [9.17, 15) is 9.59 Å². The third kappa shape index (κ3) is 2.65. The molecule has 2 rings (SSSR count). The summed E-state index contributed by atoms with van der Waals surface area (Å²) in [6.07, 6.45) is 0.524. The van der Waals surface area contributed by atoms with Gasteiger partial charge in [0.1, 0.15) is 11.6 Å².